The van der Waals surface area contributed by atoms with Crippen molar-refractivity contribution < 1.29 is 5.11 Å². The fraction of sp³-hybridized carbons (Fsp3) is 0.429. The van der Waals surface area contributed by atoms with Gasteiger partial charge in [0.25, 0.3) is 0 Å². The molecule has 50 valence electrons. The predicted octanol–water partition coefficient (Wildman–Crippen LogP) is 0.397. The molecule has 0 fully saturated rings. The van der Waals surface area contributed by atoms with E-state index in [2.05, 4.69) is 0 Å². The Kier molecular flexibility index (Phi) is 1.90. The molecule has 1 rings (SSSR count). The fourth-order valence-electron chi connectivity index (χ4n) is 0.817. The molecule has 0 radical (unpaired) electrons. The SMILES string of the molecule is NC1=CCC(CO)C=C1. The number of nitrogens with two attached hydrogens (primary N) is 1. The van der Waals surface area contributed by atoms with Crippen LogP contribution in [-0.4, -0.2) is 11.7 Å². The molecule has 2 heteroatoms. The lowest BCUT2D eigenvalue weighted by Gasteiger charge is -2.09. The van der Waals surface area contributed by atoms with Crippen LogP contribution < -0.4 is 5.73 Å². The Bertz CT molecular complexity index is 149. The molecule has 0 spiro atoms. The molecule has 0 amide bonds. The summed E-state index contributed by atoms with van der Waals surface area (Å²) in [6, 6.07) is 0. The number of aliphatic hydroxyl groups is 1. The zero-order chi connectivity index (χ0) is 6.69. The van der Waals surface area contributed by atoms with E-state index in [1.54, 1.807) is 0 Å². The molecule has 0 bridgehead atoms. The van der Waals surface area contributed by atoms with Crippen LogP contribution in [0.1, 0.15) is 6.42 Å². The van der Waals surface area contributed by atoms with Crippen molar-refractivity contribution in [3.63, 3.8) is 0 Å². The summed E-state index contributed by atoms with van der Waals surface area (Å²) in [5.41, 5.74) is 6.25. The quantitative estimate of drug-likeness (QED) is 0.532. The molecule has 0 aromatic heterocycles. The van der Waals surface area contributed by atoms with Gasteiger partial charge in [0.15, 0.2) is 0 Å². The van der Waals surface area contributed by atoms with E-state index < -0.39 is 0 Å². The number of hydrogen-bond acceptors (Lipinski definition) is 2. The summed E-state index contributed by atoms with van der Waals surface area (Å²) < 4.78 is 0. The maximum atomic E-state index is 8.66. The Balaban J connectivity index is 2.48. The van der Waals surface area contributed by atoms with E-state index in [1.807, 2.05) is 18.2 Å². The summed E-state index contributed by atoms with van der Waals surface area (Å²) in [5, 5.41) is 8.66. The van der Waals surface area contributed by atoms with Crippen molar-refractivity contribution in [3.8, 4) is 0 Å². The zero-order valence-corrected chi connectivity index (χ0v) is 5.25. The highest BCUT2D eigenvalue weighted by atomic mass is 16.3. The number of hydrogen-bond donors (Lipinski definition) is 2. The Labute approximate surface area is 54.7 Å². The maximum absolute atomic E-state index is 8.66. The molecule has 3 N–H and O–H groups in total. The van der Waals surface area contributed by atoms with Gasteiger partial charge in [-0.25, -0.2) is 0 Å². The minimum absolute atomic E-state index is 0.222. The second kappa shape index (κ2) is 2.69. The summed E-state index contributed by atoms with van der Waals surface area (Å²) in [5.74, 6) is 0.289. The van der Waals surface area contributed by atoms with Crippen molar-refractivity contribution in [3.05, 3.63) is 23.9 Å². The van der Waals surface area contributed by atoms with E-state index in [0.717, 1.165) is 12.1 Å². The number of allylic oxidation sites excluding steroid dienone is 2. The second-order valence-corrected chi connectivity index (χ2v) is 2.24. The molecule has 0 heterocycles. The lowest BCUT2D eigenvalue weighted by molar-refractivity contribution is 0.253. The van der Waals surface area contributed by atoms with Crippen LogP contribution in [0.15, 0.2) is 23.9 Å². The predicted molar refractivity (Wildman–Crippen MR) is 36.6 cm³/mol. The van der Waals surface area contributed by atoms with Crippen LogP contribution in [0.4, 0.5) is 0 Å². The minimum Gasteiger partial charge on any atom is -0.399 e. The molecule has 1 atom stereocenters. The molecule has 9 heavy (non-hydrogen) atoms. The summed E-state index contributed by atoms with van der Waals surface area (Å²) in [6.07, 6.45) is 6.58. The van der Waals surface area contributed by atoms with E-state index in [1.165, 1.54) is 0 Å². The van der Waals surface area contributed by atoms with Crippen LogP contribution in [-0.2, 0) is 0 Å². The van der Waals surface area contributed by atoms with Crippen molar-refractivity contribution in [2.24, 2.45) is 11.7 Å². The van der Waals surface area contributed by atoms with Crippen LogP contribution in [0.5, 0.6) is 0 Å². The monoisotopic (exact) mass is 125 g/mol. The molecule has 0 aliphatic heterocycles. The van der Waals surface area contributed by atoms with Gasteiger partial charge in [-0.3, -0.25) is 0 Å². The van der Waals surface area contributed by atoms with Crippen molar-refractivity contribution >= 4 is 0 Å². The largest absolute Gasteiger partial charge is 0.399 e. The second-order valence-electron chi connectivity index (χ2n) is 2.24. The highest BCUT2D eigenvalue weighted by molar-refractivity contribution is 5.20. The van der Waals surface area contributed by atoms with E-state index in [0.29, 0.717) is 0 Å². The summed E-state index contributed by atoms with van der Waals surface area (Å²) in [7, 11) is 0. The van der Waals surface area contributed by atoms with Crippen molar-refractivity contribution in [2.75, 3.05) is 6.61 Å². The number of rotatable bonds is 1. The van der Waals surface area contributed by atoms with Gasteiger partial charge in [0.1, 0.15) is 0 Å². The molecular weight excluding hydrogens is 114 g/mol. The number of aliphatic hydroxyl groups excluding tert-OH is 1. The molecule has 0 saturated heterocycles. The molecular formula is C7H11NO. The van der Waals surface area contributed by atoms with Crippen molar-refractivity contribution in [1.29, 1.82) is 0 Å². The first-order valence-corrected chi connectivity index (χ1v) is 3.07. The molecule has 0 aromatic rings. The Hall–Kier alpha value is -0.760. The van der Waals surface area contributed by atoms with Gasteiger partial charge in [-0.15, -0.1) is 0 Å². The fourth-order valence-corrected chi connectivity index (χ4v) is 0.817. The van der Waals surface area contributed by atoms with E-state index in [4.69, 9.17) is 10.8 Å². The van der Waals surface area contributed by atoms with Gasteiger partial charge in [-0.1, -0.05) is 12.2 Å². The van der Waals surface area contributed by atoms with Crippen LogP contribution in [0.2, 0.25) is 0 Å². The van der Waals surface area contributed by atoms with E-state index >= 15 is 0 Å². The average Bonchev–Trinajstić information content (AvgIpc) is 1.90. The first-order chi connectivity index (χ1) is 4.33. The topological polar surface area (TPSA) is 46.2 Å². The van der Waals surface area contributed by atoms with Crippen molar-refractivity contribution in [2.45, 2.75) is 6.42 Å². The van der Waals surface area contributed by atoms with Crippen molar-refractivity contribution in [1.82, 2.24) is 0 Å². The van der Waals surface area contributed by atoms with Crippen LogP contribution in [0, 0.1) is 5.92 Å². The van der Waals surface area contributed by atoms with Gasteiger partial charge in [0.05, 0.1) is 0 Å². The van der Waals surface area contributed by atoms with Gasteiger partial charge < -0.3 is 10.8 Å². The summed E-state index contributed by atoms with van der Waals surface area (Å²) in [6.45, 7) is 0.222. The summed E-state index contributed by atoms with van der Waals surface area (Å²) >= 11 is 0. The lowest BCUT2D eigenvalue weighted by atomic mass is 10.0. The van der Waals surface area contributed by atoms with Crippen LogP contribution in [0.25, 0.3) is 0 Å². The van der Waals surface area contributed by atoms with E-state index in [9.17, 15) is 0 Å². The Morgan fingerprint density at radius 2 is 2.56 bits per heavy atom. The molecule has 2 nitrogen and oxygen atoms in total. The van der Waals surface area contributed by atoms with Gasteiger partial charge in [0, 0.05) is 18.2 Å². The van der Waals surface area contributed by atoms with Crippen LogP contribution >= 0.6 is 0 Å². The third-order valence-electron chi connectivity index (χ3n) is 1.45. The molecule has 1 unspecified atom stereocenters. The highest BCUT2D eigenvalue weighted by Gasteiger charge is 2.03. The lowest BCUT2D eigenvalue weighted by Crippen LogP contribution is -2.07. The third-order valence-corrected chi connectivity index (χ3v) is 1.45. The molecule has 1 aliphatic rings. The smallest absolute Gasteiger partial charge is 0.0496 e. The van der Waals surface area contributed by atoms with Gasteiger partial charge in [0.2, 0.25) is 0 Å². The molecule has 0 aromatic carbocycles. The molecule has 0 saturated carbocycles. The normalized spacial score (nSPS) is 25.9. The van der Waals surface area contributed by atoms with Gasteiger partial charge >= 0.3 is 0 Å². The van der Waals surface area contributed by atoms with Gasteiger partial charge in [-0.05, 0) is 12.5 Å². The van der Waals surface area contributed by atoms with Gasteiger partial charge in [-0.2, -0.15) is 0 Å². The third kappa shape index (κ3) is 1.57. The highest BCUT2D eigenvalue weighted by Crippen LogP contribution is 2.11. The molecule has 1 aliphatic carbocycles. The standard InChI is InChI=1S/C7H11NO/c8-7-3-1-6(5-9)2-4-7/h1,3-4,6,9H,2,5,8H2. The van der Waals surface area contributed by atoms with E-state index in [-0.39, 0.29) is 12.5 Å². The summed E-state index contributed by atoms with van der Waals surface area (Å²) in [4.78, 5) is 0. The Morgan fingerprint density at radius 3 is 3.00 bits per heavy atom. The first kappa shape index (κ1) is 6.36. The zero-order valence-electron chi connectivity index (χ0n) is 5.25. The Morgan fingerprint density at radius 1 is 1.78 bits per heavy atom. The maximum Gasteiger partial charge on any atom is 0.0496 e. The average molecular weight is 125 g/mol. The minimum atomic E-state index is 0.222. The van der Waals surface area contributed by atoms with Crippen LogP contribution in [0.3, 0.4) is 0 Å². The first-order valence-electron chi connectivity index (χ1n) is 3.07.